The molecule has 2 fully saturated rings. The Labute approximate surface area is 198 Å². The number of piperidine rings is 2. The van der Waals surface area contributed by atoms with Gasteiger partial charge < -0.3 is 20.9 Å². The molecule has 0 spiro atoms. The van der Waals surface area contributed by atoms with Crippen molar-refractivity contribution in [3.63, 3.8) is 0 Å². The average Bonchev–Trinajstić information content (AvgIpc) is 2.72. The van der Waals surface area contributed by atoms with Crippen molar-refractivity contribution in [2.45, 2.75) is 52.5 Å². The minimum absolute atomic E-state index is 0. The Morgan fingerprint density at radius 2 is 1.87 bits per heavy atom. The van der Waals surface area contributed by atoms with Crippen molar-refractivity contribution < 1.29 is 4.79 Å². The second-order valence-electron chi connectivity index (χ2n) is 8.63. The predicted octanol–water partition coefficient (Wildman–Crippen LogP) is 3.59. The van der Waals surface area contributed by atoms with Crippen molar-refractivity contribution in [2.75, 3.05) is 37.6 Å². The fraction of sp³-hybridized carbons (Fsp3) is 0.652. The highest BCUT2D eigenvalue weighted by Gasteiger charge is 2.23. The lowest BCUT2D eigenvalue weighted by Crippen LogP contribution is -2.47. The highest BCUT2D eigenvalue weighted by Crippen LogP contribution is 2.23. The Balaban J connectivity index is 0.00000320. The summed E-state index contributed by atoms with van der Waals surface area (Å²) < 4.78 is 0. The summed E-state index contributed by atoms with van der Waals surface area (Å²) in [6.45, 7) is 10.1. The molecule has 7 heteroatoms. The maximum Gasteiger partial charge on any atom is 0.217 e. The van der Waals surface area contributed by atoms with Crippen LogP contribution in [0.3, 0.4) is 0 Å². The van der Waals surface area contributed by atoms with E-state index in [0.717, 1.165) is 57.4 Å². The molecule has 3 rings (SSSR count). The van der Waals surface area contributed by atoms with E-state index in [1.165, 1.54) is 24.1 Å². The van der Waals surface area contributed by atoms with Gasteiger partial charge in [0, 0.05) is 44.8 Å². The normalized spacial score (nSPS) is 20.6. The van der Waals surface area contributed by atoms with Crippen LogP contribution in [0.4, 0.5) is 5.69 Å². The van der Waals surface area contributed by atoms with Crippen LogP contribution < -0.4 is 16.0 Å². The second kappa shape index (κ2) is 12.4. The number of carbonyl (C=O) groups excluding carboxylic acids is 1. The summed E-state index contributed by atoms with van der Waals surface area (Å²) in [6.07, 6.45) is 5.17. The van der Waals surface area contributed by atoms with Gasteiger partial charge in [-0.15, -0.1) is 24.0 Å². The summed E-state index contributed by atoms with van der Waals surface area (Å²) in [6, 6.07) is 8.87. The van der Waals surface area contributed by atoms with Crippen LogP contribution in [-0.4, -0.2) is 49.5 Å². The summed E-state index contributed by atoms with van der Waals surface area (Å²) in [5.41, 5.74) is 7.95. The van der Waals surface area contributed by atoms with E-state index < -0.39 is 0 Å². The molecule has 0 radical (unpaired) electrons. The molecule has 2 aliphatic rings. The lowest BCUT2D eigenvalue weighted by atomic mass is 9.95. The highest BCUT2D eigenvalue weighted by molar-refractivity contribution is 14.0. The number of anilines is 1. The maximum absolute atomic E-state index is 11.3. The Hall–Kier alpha value is -1.51. The van der Waals surface area contributed by atoms with Crippen molar-refractivity contribution in [3.8, 4) is 0 Å². The van der Waals surface area contributed by atoms with Crippen LogP contribution in [0.1, 0.15) is 51.5 Å². The molecule has 1 atom stereocenters. The molecule has 0 aromatic heterocycles. The first-order chi connectivity index (χ1) is 14.0. The van der Waals surface area contributed by atoms with Crippen molar-refractivity contribution >= 4 is 41.5 Å². The van der Waals surface area contributed by atoms with E-state index in [4.69, 9.17) is 10.7 Å². The quantitative estimate of drug-likeness (QED) is 0.337. The minimum Gasteiger partial charge on any atom is -0.372 e. The molecule has 2 aliphatic heterocycles. The minimum atomic E-state index is -0.206. The number of guanidine groups is 1. The molecular weight excluding hydrogens is 489 g/mol. The first-order valence-corrected chi connectivity index (χ1v) is 11.2. The summed E-state index contributed by atoms with van der Waals surface area (Å²) in [4.78, 5) is 20.9. The molecule has 1 unspecified atom stereocenters. The molecule has 3 N–H and O–H groups in total. The number of hydrogen-bond donors (Lipinski definition) is 2. The van der Waals surface area contributed by atoms with Crippen molar-refractivity contribution in [1.29, 1.82) is 0 Å². The van der Waals surface area contributed by atoms with Gasteiger partial charge in [0.1, 0.15) is 0 Å². The van der Waals surface area contributed by atoms with Crippen LogP contribution in [0.5, 0.6) is 0 Å². The largest absolute Gasteiger partial charge is 0.372 e. The number of carbonyl (C=O) groups is 1. The number of rotatable bonds is 6. The van der Waals surface area contributed by atoms with E-state index in [1.807, 2.05) is 0 Å². The van der Waals surface area contributed by atoms with E-state index in [1.54, 1.807) is 0 Å². The van der Waals surface area contributed by atoms with Gasteiger partial charge >= 0.3 is 0 Å². The first kappa shape index (κ1) is 24.8. The molecular formula is C23H38IN5O. The SMILES string of the molecule is CCNC(=NCc1ccc(N2CCC(C)CC2)cc1)N1CCCC(CC(N)=O)C1.I. The van der Waals surface area contributed by atoms with Crippen LogP contribution in [0.15, 0.2) is 29.3 Å². The summed E-state index contributed by atoms with van der Waals surface area (Å²) in [5, 5.41) is 3.42. The second-order valence-corrected chi connectivity index (χ2v) is 8.63. The number of halogens is 1. The number of nitrogens with one attached hydrogen (secondary N) is 1. The lowest BCUT2D eigenvalue weighted by Gasteiger charge is -2.34. The van der Waals surface area contributed by atoms with E-state index in [-0.39, 0.29) is 29.9 Å². The predicted molar refractivity (Wildman–Crippen MR) is 135 cm³/mol. The molecule has 0 bridgehead atoms. The number of amides is 1. The number of nitrogens with two attached hydrogens (primary N) is 1. The molecule has 0 saturated carbocycles. The smallest absolute Gasteiger partial charge is 0.217 e. The van der Waals surface area contributed by atoms with Crippen LogP contribution >= 0.6 is 24.0 Å². The van der Waals surface area contributed by atoms with Crippen LogP contribution in [0, 0.1) is 11.8 Å². The first-order valence-electron chi connectivity index (χ1n) is 11.2. The topological polar surface area (TPSA) is 74.0 Å². The summed E-state index contributed by atoms with van der Waals surface area (Å²) in [5.74, 6) is 1.91. The zero-order valence-corrected chi connectivity index (χ0v) is 20.8. The lowest BCUT2D eigenvalue weighted by molar-refractivity contribution is -0.119. The third kappa shape index (κ3) is 7.32. The molecule has 1 aromatic carbocycles. The van der Waals surface area contributed by atoms with Gasteiger partial charge in [0.2, 0.25) is 5.91 Å². The van der Waals surface area contributed by atoms with E-state index >= 15 is 0 Å². The summed E-state index contributed by atoms with van der Waals surface area (Å²) in [7, 11) is 0. The van der Waals surface area contributed by atoms with Crippen LogP contribution in [0.25, 0.3) is 0 Å². The Morgan fingerprint density at radius 3 is 2.50 bits per heavy atom. The Bertz CT molecular complexity index is 685. The monoisotopic (exact) mass is 527 g/mol. The van der Waals surface area contributed by atoms with Gasteiger partial charge in [-0.2, -0.15) is 0 Å². The number of benzene rings is 1. The number of primary amides is 1. The zero-order chi connectivity index (χ0) is 20.6. The highest BCUT2D eigenvalue weighted by atomic mass is 127. The molecule has 1 aromatic rings. The molecule has 2 saturated heterocycles. The standard InChI is InChI=1S/C23H37N5O.HI/c1-3-25-23(28-12-4-5-20(17-28)15-22(24)29)26-16-19-6-8-21(9-7-19)27-13-10-18(2)11-14-27;/h6-9,18,20H,3-5,10-17H2,1-2H3,(H2,24,29)(H,25,26);1H. The number of likely N-dealkylation sites (tertiary alicyclic amines) is 1. The Morgan fingerprint density at radius 1 is 1.17 bits per heavy atom. The number of hydrogen-bond acceptors (Lipinski definition) is 3. The summed E-state index contributed by atoms with van der Waals surface area (Å²) >= 11 is 0. The van der Waals surface area contributed by atoms with Crippen LogP contribution in [-0.2, 0) is 11.3 Å². The van der Waals surface area contributed by atoms with Gasteiger partial charge in [-0.25, -0.2) is 4.99 Å². The number of nitrogens with zero attached hydrogens (tertiary/aromatic N) is 3. The molecule has 168 valence electrons. The molecule has 6 nitrogen and oxygen atoms in total. The zero-order valence-electron chi connectivity index (χ0n) is 18.5. The van der Waals surface area contributed by atoms with Crippen LogP contribution in [0.2, 0.25) is 0 Å². The third-order valence-corrected chi connectivity index (χ3v) is 6.14. The third-order valence-electron chi connectivity index (χ3n) is 6.14. The molecule has 30 heavy (non-hydrogen) atoms. The Kier molecular flexibility index (Phi) is 10.2. The van der Waals surface area contributed by atoms with Crippen molar-refractivity contribution in [1.82, 2.24) is 10.2 Å². The number of aliphatic imine (C=N–C) groups is 1. The molecule has 0 aliphatic carbocycles. The van der Waals surface area contributed by atoms with Crippen molar-refractivity contribution in [2.24, 2.45) is 22.6 Å². The van der Waals surface area contributed by atoms with E-state index in [9.17, 15) is 4.79 Å². The molecule has 2 heterocycles. The van der Waals surface area contributed by atoms with Gasteiger partial charge in [-0.1, -0.05) is 19.1 Å². The molecule has 1 amide bonds. The maximum atomic E-state index is 11.3. The van der Waals surface area contributed by atoms with Crippen molar-refractivity contribution in [3.05, 3.63) is 29.8 Å². The fourth-order valence-corrected chi connectivity index (χ4v) is 4.38. The van der Waals surface area contributed by atoms with Gasteiger partial charge in [0.25, 0.3) is 0 Å². The van der Waals surface area contributed by atoms with E-state index in [2.05, 4.69) is 53.2 Å². The van der Waals surface area contributed by atoms with Gasteiger partial charge in [0.05, 0.1) is 6.54 Å². The van der Waals surface area contributed by atoms with Gasteiger partial charge in [-0.3, -0.25) is 4.79 Å². The van der Waals surface area contributed by atoms with Gasteiger partial charge in [-0.05, 0) is 62.1 Å². The fourth-order valence-electron chi connectivity index (χ4n) is 4.38. The average molecular weight is 527 g/mol. The van der Waals surface area contributed by atoms with E-state index in [0.29, 0.717) is 18.9 Å². The van der Waals surface area contributed by atoms with Gasteiger partial charge in [0.15, 0.2) is 5.96 Å².